The van der Waals surface area contributed by atoms with Crippen LogP contribution in [0.25, 0.3) is 0 Å². The van der Waals surface area contributed by atoms with Gasteiger partial charge in [-0.3, -0.25) is 19.8 Å². The van der Waals surface area contributed by atoms with Crippen LogP contribution in [-0.2, 0) is 9.59 Å². The second-order valence-corrected chi connectivity index (χ2v) is 7.17. The lowest BCUT2D eigenvalue weighted by atomic mass is 10.1. The summed E-state index contributed by atoms with van der Waals surface area (Å²) in [4.78, 5) is 28.1. The molecule has 0 radical (unpaired) electrons. The van der Waals surface area contributed by atoms with Gasteiger partial charge in [-0.1, -0.05) is 0 Å². The Bertz CT molecular complexity index is 536. The largest absolute Gasteiger partial charge is 0.299 e. The van der Waals surface area contributed by atoms with E-state index in [1.54, 1.807) is 11.3 Å². The van der Waals surface area contributed by atoms with Gasteiger partial charge < -0.3 is 0 Å². The van der Waals surface area contributed by atoms with Gasteiger partial charge in [-0.05, 0) is 46.2 Å². The normalized spacial score (nSPS) is 21.1. The van der Waals surface area contributed by atoms with Crippen LogP contribution < -0.4 is 5.32 Å². The highest BCUT2D eigenvalue weighted by atomic mass is 32.1. The minimum Gasteiger partial charge on any atom is -0.299 e. The molecule has 1 saturated heterocycles. The summed E-state index contributed by atoms with van der Waals surface area (Å²) in [5.74, 6) is -0.172. The second-order valence-electron chi connectivity index (χ2n) is 5.71. The number of likely N-dealkylation sites (tertiary alicyclic amines) is 1. The number of carbonyl (C=O) groups excluding carboxylic acids is 2. The van der Waals surface area contributed by atoms with Crippen LogP contribution >= 0.6 is 11.3 Å². The van der Waals surface area contributed by atoms with Crippen LogP contribution in [0.5, 0.6) is 0 Å². The summed E-state index contributed by atoms with van der Waals surface area (Å²) in [5, 5.41) is 3.31. The van der Waals surface area contributed by atoms with E-state index in [4.69, 9.17) is 0 Å². The Balaban J connectivity index is 2.09. The van der Waals surface area contributed by atoms with Gasteiger partial charge in [0.25, 0.3) is 0 Å². The molecule has 2 atom stereocenters. The smallest absolute Gasteiger partial charge is 0.247 e. The van der Waals surface area contributed by atoms with Gasteiger partial charge in [0.15, 0.2) is 0 Å². The molecule has 1 aliphatic heterocycles. The molecule has 4 nitrogen and oxygen atoms in total. The number of thiophene rings is 1. The van der Waals surface area contributed by atoms with Crippen LogP contribution in [0.15, 0.2) is 6.07 Å². The number of hydrogen-bond acceptors (Lipinski definition) is 4. The molecule has 5 heteroatoms. The van der Waals surface area contributed by atoms with E-state index < -0.39 is 0 Å². The van der Waals surface area contributed by atoms with Gasteiger partial charge in [-0.2, -0.15) is 0 Å². The van der Waals surface area contributed by atoms with Crippen LogP contribution in [0.3, 0.4) is 0 Å². The zero-order chi connectivity index (χ0) is 15.0. The molecule has 1 N–H and O–H groups in total. The number of carbonyl (C=O) groups is 2. The molecule has 0 aliphatic carbocycles. The van der Waals surface area contributed by atoms with Gasteiger partial charge in [0.1, 0.15) is 0 Å². The molecule has 0 saturated carbocycles. The first-order valence-corrected chi connectivity index (χ1v) is 7.81. The molecular weight excluding hydrogens is 272 g/mol. The quantitative estimate of drug-likeness (QED) is 0.868. The highest BCUT2D eigenvalue weighted by Crippen LogP contribution is 2.27. The molecule has 110 valence electrons. The molecule has 1 aliphatic rings. The molecule has 0 aromatic carbocycles. The van der Waals surface area contributed by atoms with Crippen molar-refractivity contribution in [2.45, 2.75) is 59.2 Å². The van der Waals surface area contributed by atoms with E-state index in [1.165, 1.54) is 20.2 Å². The monoisotopic (exact) mass is 294 g/mol. The average molecular weight is 294 g/mol. The Morgan fingerprint density at radius 1 is 1.30 bits per heavy atom. The fourth-order valence-corrected chi connectivity index (χ4v) is 3.82. The summed E-state index contributed by atoms with van der Waals surface area (Å²) in [6, 6.07) is 1.77. The maximum atomic E-state index is 12.3. The van der Waals surface area contributed by atoms with Crippen LogP contribution in [-0.4, -0.2) is 28.8 Å². The maximum absolute atomic E-state index is 12.3. The second kappa shape index (κ2) is 5.66. The Labute approximate surface area is 124 Å². The van der Waals surface area contributed by atoms with E-state index in [2.05, 4.69) is 25.2 Å². The van der Waals surface area contributed by atoms with Crippen molar-refractivity contribution in [1.82, 2.24) is 10.2 Å². The van der Waals surface area contributed by atoms with Gasteiger partial charge in [0, 0.05) is 21.8 Å². The van der Waals surface area contributed by atoms with Crippen molar-refractivity contribution in [3.63, 3.8) is 0 Å². The summed E-state index contributed by atoms with van der Waals surface area (Å²) < 4.78 is 0. The number of rotatable bonds is 4. The predicted molar refractivity (Wildman–Crippen MR) is 80.7 cm³/mol. The Hall–Kier alpha value is -1.20. The van der Waals surface area contributed by atoms with Crippen LogP contribution in [0.2, 0.25) is 0 Å². The molecule has 1 aromatic rings. The van der Waals surface area contributed by atoms with E-state index in [0.717, 1.165) is 0 Å². The summed E-state index contributed by atoms with van der Waals surface area (Å²) in [7, 11) is 0. The number of nitrogens with one attached hydrogen (secondary N) is 1. The first kappa shape index (κ1) is 15.2. The minimum atomic E-state index is -0.389. The number of imide groups is 1. The minimum absolute atomic E-state index is 0.0674. The van der Waals surface area contributed by atoms with Crippen molar-refractivity contribution in [1.29, 1.82) is 0 Å². The Morgan fingerprint density at radius 2 is 1.95 bits per heavy atom. The highest BCUT2D eigenvalue weighted by Gasteiger charge is 2.40. The van der Waals surface area contributed by atoms with Crippen LogP contribution in [0.1, 0.15) is 48.6 Å². The van der Waals surface area contributed by atoms with Gasteiger partial charge in [0.2, 0.25) is 11.8 Å². The SMILES string of the molecule is Cc1cc(C(C)NC2CC(=O)N(C(C)C)C2=O)c(C)s1. The van der Waals surface area contributed by atoms with Crippen LogP contribution in [0, 0.1) is 13.8 Å². The molecule has 2 rings (SSSR count). The van der Waals surface area contributed by atoms with Gasteiger partial charge >= 0.3 is 0 Å². The van der Waals surface area contributed by atoms with Crippen molar-refractivity contribution in [2.75, 3.05) is 0 Å². The van der Waals surface area contributed by atoms with Crippen molar-refractivity contribution in [2.24, 2.45) is 0 Å². The topological polar surface area (TPSA) is 49.4 Å². The lowest BCUT2D eigenvalue weighted by Gasteiger charge is -2.21. The van der Waals surface area contributed by atoms with E-state index >= 15 is 0 Å². The van der Waals surface area contributed by atoms with Gasteiger partial charge in [-0.15, -0.1) is 11.3 Å². The van der Waals surface area contributed by atoms with E-state index in [0.29, 0.717) is 0 Å². The van der Waals surface area contributed by atoms with Gasteiger partial charge in [-0.25, -0.2) is 0 Å². The molecule has 1 fully saturated rings. The summed E-state index contributed by atoms with van der Waals surface area (Å²) in [6.45, 7) is 9.96. The first-order valence-electron chi connectivity index (χ1n) is 7.00. The van der Waals surface area contributed by atoms with Crippen molar-refractivity contribution in [3.8, 4) is 0 Å². The van der Waals surface area contributed by atoms with Crippen molar-refractivity contribution < 1.29 is 9.59 Å². The Kier molecular flexibility index (Phi) is 4.30. The third kappa shape index (κ3) is 2.79. The van der Waals surface area contributed by atoms with Crippen molar-refractivity contribution >= 4 is 23.2 Å². The average Bonchev–Trinajstić information content (AvgIpc) is 2.79. The molecule has 1 aromatic heterocycles. The number of nitrogens with zero attached hydrogens (tertiary/aromatic N) is 1. The van der Waals surface area contributed by atoms with Gasteiger partial charge in [0.05, 0.1) is 12.5 Å². The van der Waals surface area contributed by atoms with Crippen LogP contribution in [0.4, 0.5) is 0 Å². The number of amides is 2. The standard InChI is InChI=1S/C15H22N2O2S/c1-8(2)17-14(18)7-13(15(17)19)16-10(4)12-6-9(3)20-11(12)5/h6,8,10,13,16H,7H2,1-5H3. The van der Waals surface area contributed by atoms with Crippen molar-refractivity contribution in [3.05, 3.63) is 21.4 Å². The number of aryl methyl sites for hydroxylation is 2. The lowest BCUT2D eigenvalue weighted by molar-refractivity contribution is -0.140. The third-order valence-corrected chi connectivity index (χ3v) is 4.68. The zero-order valence-electron chi connectivity index (χ0n) is 12.7. The molecular formula is C15H22N2O2S. The summed E-state index contributed by atoms with van der Waals surface area (Å²) in [6.07, 6.45) is 0.267. The Morgan fingerprint density at radius 3 is 2.40 bits per heavy atom. The molecule has 2 amide bonds. The fraction of sp³-hybridized carbons (Fsp3) is 0.600. The maximum Gasteiger partial charge on any atom is 0.247 e. The molecule has 20 heavy (non-hydrogen) atoms. The molecule has 0 spiro atoms. The van der Waals surface area contributed by atoms with E-state index in [9.17, 15) is 9.59 Å². The van der Waals surface area contributed by atoms with E-state index in [1.807, 2.05) is 20.8 Å². The lowest BCUT2D eigenvalue weighted by Crippen LogP contribution is -2.42. The molecule has 0 bridgehead atoms. The third-order valence-electron chi connectivity index (χ3n) is 3.70. The number of hydrogen-bond donors (Lipinski definition) is 1. The molecule has 2 heterocycles. The highest BCUT2D eigenvalue weighted by molar-refractivity contribution is 7.12. The zero-order valence-corrected chi connectivity index (χ0v) is 13.5. The van der Waals surface area contributed by atoms with E-state index in [-0.39, 0.29) is 36.4 Å². The fourth-order valence-electron chi connectivity index (χ4n) is 2.80. The molecule has 2 unspecified atom stereocenters. The first-order chi connectivity index (χ1) is 9.31. The predicted octanol–water partition coefficient (Wildman–Crippen LogP) is 2.55. The summed E-state index contributed by atoms with van der Waals surface area (Å²) >= 11 is 1.76. The summed E-state index contributed by atoms with van der Waals surface area (Å²) in [5.41, 5.74) is 1.22.